The minimum absolute atomic E-state index is 0.134. The highest BCUT2D eigenvalue weighted by Gasteiger charge is 2.13. The second-order valence-corrected chi connectivity index (χ2v) is 4.84. The molecule has 0 aliphatic carbocycles. The molecular formula is C14H21N7. The monoisotopic (exact) mass is 287 g/mol. The molecule has 7 heteroatoms. The zero-order chi connectivity index (χ0) is 15.2. The van der Waals surface area contributed by atoms with Gasteiger partial charge in [-0.15, -0.1) is 0 Å². The zero-order valence-corrected chi connectivity index (χ0v) is 12.5. The van der Waals surface area contributed by atoms with Gasteiger partial charge in [0.15, 0.2) is 0 Å². The first-order chi connectivity index (χ1) is 10.1. The molecule has 1 aromatic carbocycles. The Morgan fingerprint density at radius 1 is 1.10 bits per heavy atom. The van der Waals surface area contributed by atoms with Crippen LogP contribution in [0.4, 0.5) is 17.8 Å². The molecule has 4 N–H and O–H groups in total. The third-order valence-electron chi connectivity index (χ3n) is 3.07. The van der Waals surface area contributed by atoms with E-state index in [4.69, 9.17) is 5.84 Å². The van der Waals surface area contributed by atoms with Crippen molar-refractivity contribution < 1.29 is 0 Å². The third kappa shape index (κ3) is 3.79. The number of hydrazine groups is 1. The van der Waals surface area contributed by atoms with E-state index in [1.807, 2.05) is 32.3 Å². The van der Waals surface area contributed by atoms with E-state index in [-0.39, 0.29) is 6.04 Å². The molecule has 0 radical (unpaired) electrons. The molecule has 0 aliphatic rings. The Kier molecular flexibility index (Phi) is 4.89. The molecule has 112 valence electrons. The van der Waals surface area contributed by atoms with Gasteiger partial charge in [-0.1, -0.05) is 37.3 Å². The fourth-order valence-electron chi connectivity index (χ4n) is 1.96. The maximum atomic E-state index is 5.41. The Balaban J connectivity index is 2.27. The molecular weight excluding hydrogens is 266 g/mol. The van der Waals surface area contributed by atoms with Gasteiger partial charge in [0.25, 0.3) is 0 Å². The second kappa shape index (κ2) is 6.85. The van der Waals surface area contributed by atoms with Crippen LogP contribution in [0.1, 0.15) is 24.9 Å². The highest BCUT2D eigenvalue weighted by Crippen LogP contribution is 2.21. The molecule has 1 aromatic heterocycles. The van der Waals surface area contributed by atoms with Gasteiger partial charge in [-0.25, -0.2) is 5.84 Å². The number of nitrogen functional groups attached to an aromatic ring is 1. The van der Waals surface area contributed by atoms with Crippen molar-refractivity contribution in [2.24, 2.45) is 5.84 Å². The number of hydrogen-bond donors (Lipinski definition) is 3. The van der Waals surface area contributed by atoms with E-state index in [0.29, 0.717) is 17.8 Å². The fraction of sp³-hybridized carbons (Fsp3) is 0.357. The van der Waals surface area contributed by atoms with Crippen LogP contribution in [0.3, 0.4) is 0 Å². The smallest absolute Gasteiger partial charge is 0.243 e. The van der Waals surface area contributed by atoms with Crippen LogP contribution in [0.25, 0.3) is 0 Å². The summed E-state index contributed by atoms with van der Waals surface area (Å²) in [7, 11) is 3.74. The van der Waals surface area contributed by atoms with E-state index >= 15 is 0 Å². The van der Waals surface area contributed by atoms with Crippen molar-refractivity contribution in [3.63, 3.8) is 0 Å². The predicted octanol–water partition coefficient (Wildman–Crippen LogP) is 1.79. The topological polar surface area (TPSA) is 92.0 Å². The van der Waals surface area contributed by atoms with Crippen molar-refractivity contribution in [1.29, 1.82) is 0 Å². The number of benzene rings is 1. The number of hydrogen-bond acceptors (Lipinski definition) is 7. The van der Waals surface area contributed by atoms with Crippen LogP contribution in [0.5, 0.6) is 0 Å². The van der Waals surface area contributed by atoms with Crippen LogP contribution in [0.15, 0.2) is 30.3 Å². The molecule has 0 saturated heterocycles. The van der Waals surface area contributed by atoms with Crippen molar-refractivity contribution in [3.8, 4) is 0 Å². The molecule has 0 amide bonds. The summed E-state index contributed by atoms with van der Waals surface area (Å²) in [5, 5.41) is 3.33. The number of nitrogens with zero attached hydrogens (tertiary/aromatic N) is 4. The van der Waals surface area contributed by atoms with Crippen molar-refractivity contribution in [3.05, 3.63) is 35.9 Å². The van der Waals surface area contributed by atoms with Gasteiger partial charge in [-0.3, -0.25) is 5.43 Å². The summed E-state index contributed by atoms with van der Waals surface area (Å²) in [6.45, 7) is 2.11. The minimum Gasteiger partial charge on any atom is -0.347 e. The first-order valence-electron chi connectivity index (χ1n) is 6.85. The Morgan fingerprint density at radius 3 is 2.33 bits per heavy atom. The third-order valence-corrected chi connectivity index (χ3v) is 3.07. The number of anilines is 3. The molecule has 0 bridgehead atoms. The lowest BCUT2D eigenvalue weighted by atomic mass is 10.1. The number of nitrogens with two attached hydrogens (primary N) is 1. The Morgan fingerprint density at radius 2 is 1.76 bits per heavy atom. The highest BCUT2D eigenvalue weighted by atomic mass is 15.4. The average molecular weight is 287 g/mol. The van der Waals surface area contributed by atoms with Gasteiger partial charge >= 0.3 is 0 Å². The van der Waals surface area contributed by atoms with Gasteiger partial charge in [0, 0.05) is 14.1 Å². The summed E-state index contributed by atoms with van der Waals surface area (Å²) >= 11 is 0. The summed E-state index contributed by atoms with van der Waals surface area (Å²) < 4.78 is 0. The number of rotatable bonds is 6. The highest BCUT2D eigenvalue weighted by molar-refractivity contribution is 5.43. The molecule has 1 atom stereocenters. The summed E-state index contributed by atoms with van der Waals surface area (Å²) in [6.07, 6.45) is 0.915. The molecule has 21 heavy (non-hydrogen) atoms. The molecule has 0 saturated carbocycles. The Bertz CT molecular complexity index is 571. The summed E-state index contributed by atoms with van der Waals surface area (Å²) in [4.78, 5) is 14.6. The zero-order valence-electron chi connectivity index (χ0n) is 12.5. The summed E-state index contributed by atoms with van der Waals surface area (Å²) in [5.74, 6) is 6.79. The standard InChI is InChI=1S/C14H21N7/c1-4-11(10-8-6-5-7-9-10)16-12-17-13(20-15)19-14(18-12)21(2)3/h5-9,11H,4,15H2,1-3H3,(H2,16,17,18,19,20). The SMILES string of the molecule is CCC(Nc1nc(NN)nc(N(C)C)n1)c1ccccc1. The van der Waals surface area contributed by atoms with Gasteiger partial charge in [0.1, 0.15) is 0 Å². The Labute approximate surface area is 124 Å². The van der Waals surface area contributed by atoms with Crippen molar-refractivity contribution in [1.82, 2.24) is 15.0 Å². The molecule has 0 spiro atoms. The quantitative estimate of drug-likeness (QED) is 0.551. The molecule has 7 nitrogen and oxygen atoms in total. The molecule has 1 unspecified atom stereocenters. The lowest BCUT2D eigenvalue weighted by Crippen LogP contribution is -2.20. The van der Waals surface area contributed by atoms with Crippen LogP contribution in [-0.4, -0.2) is 29.0 Å². The van der Waals surface area contributed by atoms with Crippen LogP contribution < -0.4 is 21.5 Å². The molecule has 0 fully saturated rings. The fourth-order valence-corrected chi connectivity index (χ4v) is 1.96. The molecule has 1 heterocycles. The minimum atomic E-state index is 0.134. The van der Waals surface area contributed by atoms with Crippen molar-refractivity contribution in [2.75, 3.05) is 29.7 Å². The number of aromatic nitrogens is 3. The lowest BCUT2D eigenvalue weighted by molar-refractivity contribution is 0.736. The second-order valence-electron chi connectivity index (χ2n) is 4.84. The van der Waals surface area contributed by atoms with E-state index in [1.54, 1.807) is 4.90 Å². The number of nitrogens with one attached hydrogen (secondary N) is 2. The van der Waals surface area contributed by atoms with E-state index in [0.717, 1.165) is 6.42 Å². The van der Waals surface area contributed by atoms with Crippen molar-refractivity contribution in [2.45, 2.75) is 19.4 Å². The normalized spacial score (nSPS) is 11.8. The first kappa shape index (κ1) is 15.0. The van der Waals surface area contributed by atoms with Crippen LogP contribution in [-0.2, 0) is 0 Å². The largest absolute Gasteiger partial charge is 0.347 e. The van der Waals surface area contributed by atoms with Gasteiger partial charge < -0.3 is 10.2 Å². The maximum absolute atomic E-state index is 5.41. The van der Waals surface area contributed by atoms with E-state index in [1.165, 1.54) is 5.56 Å². The van der Waals surface area contributed by atoms with Crippen LogP contribution in [0.2, 0.25) is 0 Å². The van der Waals surface area contributed by atoms with E-state index in [2.05, 4.69) is 44.8 Å². The predicted molar refractivity (Wildman–Crippen MR) is 85.1 cm³/mol. The molecule has 2 rings (SSSR count). The maximum Gasteiger partial charge on any atom is 0.243 e. The van der Waals surface area contributed by atoms with Gasteiger partial charge in [-0.05, 0) is 12.0 Å². The van der Waals surface area contributed by atoms with Gasteiger partial charge in [-0.2, -0.15) is 15.0 Å². The Hall–Kier alpha value is -2.41. The summed E-state index contributed by atoms with van der Waals surface area (Å²) in [6, 6.07) is 10.3. The summed E-state index contributed by atoms with van der Waals surface area (Å²) in [5.41, 5.74) is 3.65. The van der Waals surface area contributed by atoms with Crippen LogP contribution >= 0.6 is 0 Å². The molecule has 2 aromatic rings. The van der Waals surface area contributed by atoms with Gasteiger partial charge in [0.2, 0.25) is 17.8 Å². The van der Waals surface area contributed by atoms with E-state index in [9.17, 15) is 0 Å². The molecule has 0 aliphatic heterocycles. The first-order valence-corrected chi connectivity index (χ1v) is 6.85. The van der Waals surface area contributed by atoms with Crippen molar-refractivity contribution >= 4 is 17.8 Å². The average Bonchev–Trinajstić information content (AvgIpc) is 2.53. The van der Waals surface area contributed by atoms with Crippen LogP contribution in [0, 0.1) is 0 Å². The van der Waals surface area contributed by atoms with E-state index < -0.39 is 0 Å². The lowest BCUT2D eigenvalue weighted by Gasteiger charge is -2.19. The van der Waals surface area contributed by atoms with Gasteiger partial charge in [0.05, 0.1) is 6.04 Å².